The molecule has 4 heterocycles. The lowest BCUT2D eigenvalue weighted by Gasteiger charge is -2.21. The summed E-state index contributed by atoms with van der Waals surface area (Å²) in [7, 11) is -2.72. The third kappa shape index (κ3) is 7.92. The van der Waals surface area contributed by atoms with Crippen LogP contribution < -0.4 is 20.7 Å². The van der Waals surface area contributed by atoms with Crippen LogP contribution in [0.25, 0.3) is 21.5 Å². The molecular formula is C36H27ClF6N4O6S2. The SMILES string of the molecule is FC(F)(F)c1cccc2c1CCN2.O=c1[nH]ccc2c(S(=O)(=O)Cl)cccc12.O=c1[nH]ccc2c(S(=O)(=O)N3CCc4c3cccc4C(F)(F)F)cccc12. The number of hydrogen-bond acceptors (Lipinski definition) is 7. The molecule has 0 spiro atoms. The molecule has 2 aromatic heterocycles. The molecule has 10 nitrogen and oxygen atoms in total. The molecule has 0 saturated carbocycles. The Balaban J connectivity index is 0.000000155. The van der Waals surface area contributed by atoms with Crippen LogP contribution in [0.15, 0.2) is 117 Å². The zero-order chi connectivity index (χ0) is 39.9. The van der Waals surface area contributed by atoms with Gasteiger partial charge in [-0.3, -0.25) is 13.9 Å². The van der Waals surface area contributed by atoms with Crippen molar-refractivity contribution in [3.05, 3.63) is 140 Å². The van der Waals surface area contributed by atoms with Crippen molar-refractivity contribution in [2.45, 2.75) is 35.0 Å². The number of alkyl halides is 6. The summed E-state index contributed by atoms with van der Waals surface area (Å²) >= 11 is 0. The molecule has 19 heteroatoms. The number of H-pyrrole nitrogens is 2. The van der Waals surface area contributed by atoms with Crippen LogP contribution in [-0.2, 0) is 44.3 Å². The number of halogens is 7. The fourth-order valence-electron chi connectivity index (χ4n) is 6.47. The van der Waals surface area contributed by atoms with Crippen molar-refractivity contribution in [2.24, 2.45) is 0 Å². The highest BCUT2D eigenvalue weighted by Gasteiger charge is 2.40. The molecule has 0 bridgehead atoms. The standard InChI is InChI=1S/C18H13F3N2O3S.C9H6ClNO3S.C9H8F3N/c19-18(20,21)14-4-2-5-15-13(14)8-10-23(15)27(25,26)16-6-1-3-12-11(16)7-9-22-17(12)24;10-15(13,14)8-3-1-2-7-6(8)4-5-11-9(7)12;10-9(11,12)7-2-1-3-8-6(7)4-5-13-8/h1-7,9H,8,10H2,(H,22,24);1-5H,(H,11,12);1-3,13H,4-5H2. The van der Waals surface area contributed by atoms with Gasteiger partial charge in [-0.25, -0.2) is 16.8 Å². The van der Waals surface area contributed by atoms with Gasteiger partial charge in [-0.2, -0.15) is 26.3 Å². The summed E-state index contributed by atoms with van der Waals surface area (Å²) in [6, 6.07) is 19.4. The van der Waals surface area contributed by atoms with E-state index >= 15 is 0 Å². The zero-order valence-electron chi connectivity index (χ0n) is 27.9. The highest BCUT2D eigenvalue weighted by atomic mass is 35.7. The van der Waals surface area contributed by atoms with Gasteiger partial charge in [0.05, 0.1) is 26.6 Å². The van der Waals surface area contributed by atoms with Crippen LogP contribution in [0.1, 0.15) is 22.3 Å². The Labute approximate surface area is 312 Å². The van der Waals surface area contributed by atoms with Crippen molar-refractivity contribution < 1.29 is 43.2 Å². The Morgan fingerprint density at radius 2 is 1.11 bits per heavy atom. The molecule has 0 amide bonds. The summed E-state index contributed by atoms with van der Waals surface area (Å²) in [4.78, 5) is 28.1. The minimum absolute atomic E-state index is 0.0201. The minimum atomic E-state index is -4.56. The number of hydrogen-bond donors (Lipinski definition) is 3. The first-order valence-corrected chi connectivity index (χ1v) is 19.9. The molecule has 2 aliphatic rings. The van der Waals surface area contributed by atoms with Crippen molar-refractivity contribution in [3.8, 4) is 0 Å². The van der Waals surface area contributed by atoms with Crippen molar-refractivity contribution in [1.82, 2.24) is 9.97 Å². The number of benzene rings is 4. The fourth-order valence-corrected chi connectivity index (χ4v) is 9.26. The monoisotopic (exact) mass is 824 g/mol. The number of rotatable bonds is 3. The molecular weight excluding hydrogens is 798 g/mol. The molecule has 0 atom stereocenters. The lowest BCUT2D eigenvalue weighted by atomic mass is 10.0. The second-order valence-corrected chi connectivity index (χ2v) is 16.5. The maximum atomic E-state index is 13.2. The Morgan fingerprint density at radius 1 is 0.600 bits per heavy atom. The molecule has 0 radical (unpaired) electrons. The van der Waals surface area contributed by atoms with Gasteiger partial charge >= 0.3 is 12.4 Å². The summed E-state index contributed by atoms with van der Waals surface area (Å²) in [6.07, 6.45) is -5.63. The fraction of sp³-hybridized carbons (Fsp3) is 0.167. The lowest BCUT2D eigenvalue weighted by Crippen LogP contribution is -2.29. The Kier molecular flexibility index (Phi) is 10.5. The zero-order valence-corrected chi connectivity index (χ0v) is 30.3. The Morgan fingerprint density at radius 3 is 1.67 bits per heavy atom. The first kappa shape index (κ1) is 39.4. The molecule has 4 aromatic carbocycles. The normalized spacial score (nSPS) is 14.0. The van der Waals surface area contributed by atoms with E-state index in [9.17, 15) is 52.8 Å². The number of aromatic nitrogens is 2. The van der Waals surface area contributed by atoms with Crippen molar-refractivity contribution in [3.63, 3.8) is 0 Å². The third-order valence-corrected chi connectivity index (χ3v) is 12.1. The summed E-state index contributed by atoms with van der Waals surface area (Å²) in [5, 5.41) is 3.97. The van der Waals surface area contributed by atoms with E-state index < -0.39 is 48.1 Å². The quantitative estimate of drug-likeness (QED) is 0.124. The smallest absolute Gasteiger partial charge is 0.384 e. The second kappa shape index (κ2) is 14.7. The molecule has 0 unspecified atom stereocenters. The molecule has 0 saturated heterocycles. The predicted molar refractivity (Wildman–Crippen MR) is 195 cm³/mol. The van der Waals surface area contributed by atoms with Crippen molar-refractivity contribution in [2.75, 3.05) is 22.7 Å². The number of sulfonamides is 1. The van der Waals surface area contributed by atoms with Gasteiger partial charge in [0.15, 0.2) is 0 Å². The van der Waals surface area contributed by atoms with E-state index in [1.54, 1.807) is 12.1 Å². The number of aromatic amines is 2. The molecule has 8 rings (SSSR count). The highest BCUT2D eigenvalue weighted by molar-refractivity contribution is 8.14. The predicted octanol–water partition coefficient (Wildman–Crippen LogP) is 7.43. The average molecular weight is 825 g/mol. The number of nitrogens with zero attached hydrogens (tertiary/aromatic N) is 1. The van der Waals surface area contributed by atoms with E-state index in [-0.39, 0.29) is 50.3 Å². The Bertz CT molecular complexity index is 2790. The van der Waals surface area contributed by atoms with Gasteiger partial charge in [0.2, 0.25) is 0 Å². The average Bonchev–Trinajstić information content (AvgIpc) is 3.79. The largest absolute Gasteiger partial charge is 0.416 e. The van der Waals surface area contributed by atoms with Gasteiger partial charge in [0.25, 0.3) is 30.2 Å². The van der Waals surface area contributed by atoms with Crippen LogP contribution in [0.5, 0.6) is 0 Å². The van der Waals surface area contributed by atoms with E-state index in [2.05, 4.69) is 15.3 Å². The van der Waals surface area contributed by atoms with Crippen LogP contribution >= 0.6 is 10.7 Å². The van der Waals surface area contributed by atoms with Gasteiger partial charge in [0, 0.05) is 63.4 Å². The lowest BCUT2D eigenvalue weighted by molar-refractivity contribution is -0.138. The summed E-state index contributed by atoms with van der Waals surface area (Å²) in [5.41, 5.74) is -1.11. The number of pyridine rings is 2. The van der Waals surface area contributed by atoms with Gasteiger partial charge in [-0.1, -0.05) is 24.3 Å². The number of nitrogens with one attached hydrogen (secondary N) is 3. The second-order valence-electron chi connectivity index (χ2n) is 12.1. The molecule has 3 N–H and O–H groups in total. The van der Waals surface area contributed by atoms with Gasteiger partial charge in [0.1, 0.15) is 0 Å². The van der Waals surface area contributed by atoms with Crippen LogP contribution in [0.2, 0.25) is 0 Å². The van der Waals surface area contributed by atoms with E-state index in [1.165, 1.54) is 73.1 Å². The first-order valence-electron chi connectivity index (χ1n) is 16.1. The van der Waals surface area contributed by atoms with Gasteiger partial charge < -0.3 is 15.3 Å². The van der Waals surface area contributed by atoms with Gasteiger partial charge in [-0.15, -0.1) is 0 Å². The first-order chi connectivity index (χ1) is 25.8. The van der Waals surface area contributed by atoms with E-state index in [1.807, 2.05) is 0 Å². The maximum absolute atomic E-state index is 13.2. The van der Waals surface area contributed by atoms with Gasteiger partial charge in [-0.05, 0) is 84.6 Å². The summed E-state index contributed by atoms with van der Waals surface area (Å²) < 4.78 is 127. The maximum Gasteiger partial charge on any atom is 0.416 e. The summed E-state index contributed by atoms with van der Waals surface area (Å²) in [6.45, 7) is 0.507. The van der Waals surface area contributed by atoms with Crippen LogP contribution in [-0.4, -0.2) is 39.9 Å². The molecule has 55 heavy (non-hydrogen) atoms. The summed E-state index contributed by atoms with van der Waals surface area (Å²) in [5.74, 6) is 0. The van der Waals surface area contributed by atoms with Crippen LogP contribution in [0.3, 0.4) is 0 Å². The highest BCUT2D eigenvalue weighted by Crippen LogP contribution is 2.42. The topological polar surface area (TPSA) is 149 Å². The van der Waals surface area contributed by atoms with E-state index in [4.69, 9.17) is 10.7 Å². The number of fused-ring (bicyclic) bond motifs is 4. The van der Waals surface area contributed by atoms with Crippen LogP contribution in [0.4, 0.5) is 37.7 Å². The number of anilines is 2. The molecule has 288 valence electrons. The minimum Gasteiger partial charge on any atom is -0.384 e. The van der Waals surface area contributed by atoms with Crippen molar-refractivity contribution >= 4 is 62.7 Å². The molecule has 0 aliphatic carbocycles. The van der Waals surface area contributed by atoms with Crippen molar-refractivity contribution in [1.29, 1.82) is 0 Å². The van der Waals surface area contributed by atoms with Crippen LogP contribution in [0, 0.1) is 0 Å². The Hall–Kier alpha value is -5.33. The van der Waals surface area contributed by atoms with E-state index in [0.717, 1.165) is 16.4 Å². The molecule has 6 aromatic rings. The third-order valence-electron chi connectivity index (χ3n) is 8.84. The molecule has 0 fully saturated rings. The van der Waals surface area contributed by atoms with E-state index in [0.29, 0.717) is 35.0 Å². The molecule has 2 aliphatic heterocycles.